The number of nitrogens with zero attached hydrogens (tertiary/aromatic N) is 2. The molecule has 1 saturated carbocycles. The third-order valence-electron chi connectivity index (χ3n) is 5.59. The van der Waals surface area contributed by atoms with Crippen LogP contribution < -0.4 is 10.6 Å². The summed E-state index contributed by atoms with van der Waals surface area (Å²) in [5.74, 6) is -0.291. The fraction of sp³-hybridized carbons (Fsp3) is 0.333. The summed E-state index contributed by atoms with van der Waals surface area (Å²) in [5.41, 5.74) is 2.24. The first-order valence-corrected chi connectivity index (χ1v) is 9.52. The predicted molar refractivity (Wildman–Crippen MR) is 105 cm³/mol. The first-order chi connectivity index (χ1) is 14.0. The molecule has 1 aromatic heterocycles. The number of benzene rings is 1. The third kappa shape index (κ3) is 3.91. The molecule has 2 fully saturated rings. The lowest BCUT2D eigenvalue weighted by atomic mass is 10.1. The van der Waals surface area contributed by atoms with Crippen LogP contribution >= 0.6 is 0 Å². The second kappa shape index (κ2) is 7.54. The van der Waals surface area contributed by atoms with Crippen LogP contribution in [0.1, 0.15) is 32.1 Å². The molecular weight excluding hydrogens is 372 g/mol. The fourth-order valence-electron chi connectivity index (χ4n) is 3.99. The van der Waals surface area contributed by atoms with E-state index in [4.69, 9.17) is 5.11 Å². The maximum Gasteiger partial charge on any atom is 0.407 e. The number of aromatic nitrogens is 1. The van der Waals surface area contributed by atoms with E-state index in [0.717, 1.165) is 5.56 Å². The van der Waals surface area contributed by atoms with Gasteiger partial charge in [-0.1, -0.05) is 30.3 Å². The molecule has 2 heterocycles. The standard InChI is InChI=1S/C21H22N4O4/c1-22-20(27)17-9-13(8-14(23-17)7-12-5-3-2-4-6-12)19(26)24-18-15-10-25(21(28)29)11-16(15)18/h2-6,8-9,15-16,18H,7,10-11H2,1H3,(H,22,27)(H,24,26)(H,28,29). The molecule has 1 saturated heterocycles. The molecule has 3 N–H and O–H groups in total. The van der Waals surface area contributed by atoms with Crippen LogP contribution in [0.5, 0.6) is 0 Å². The minimum atomic E-state index is -0.919. The third-order valence-corrected chi connectivity index (χ3v) is 5.59. The van der Waals surface area contributed by atoms with Crippen LogP contribution in [-0.2, 0) is 6.42 Å². The summed E-state index contributed by atoms with van der Waals surface area (Å²) in [6, 6.07) is 12.9. The monoisotopic (exact) mass is 394 g/mol. The van der Waals surface area contributed by atoms with Gasteiger partial charge in [-0.05, 0) is 17.7 Å². The Morgan fingerprint density at radius 1 is 1.10 bits per heavy atom. The maximum absolute atomic E-state index is 12.8. The van der Waals surface area contributed by atoms with E-state index in [1.807, 2.05) is 30.3 Å². The molecule has 0 spiro atoms. The molecule has 1 aliphatic heterocycles. The lowest BCUT2D eigenvalue weighted by molar-refractivity contribution is 0.0943. The van der Waals surface area contributed by atoms with Gasteiger partial charge in [0, 0.05) is 55.7 Å². The molecule has 2 atom stereocenters. The number of piperidine rings is 1. The molecule has 8 nitrogen and oxygen atoms in total. The van der Waals surface area contributed by atoms with Crippen molar-refractivity contribution in [3.05, 3.63) is 65.0 Å². The Morgan fingerprint density at radius 2 is 1.79 bits per heavy atom. The maximum atomic E-state index is 12.8. The number of nitrogens with one attached hydrogen (secondary N) is 2. The van der Waals surface area contributed by atoms with Crippen LogP contribution in [0.3, 0.4) is 0 Å². The number of hydrogen-bond acceptors (Lipinski definition) is 4. The quantitative estimate of drug-likeness (QED) is 0.709. The van der Waals surface area contributed by atoms with E-state index in [-0.39, 0.29) is 35.4 Å². The molecular formula is C21H22N4O4. The van der Waals surface area contributed by atoms with Gasteiger partial charge >= 0.3 is 6.09 Å². The number of amides is 3. The number of pyridine rings is 1. The average molecular weight is 394 g/mol. The van der Waals surface area contributed by atoms with E-state index < -0.39 is 6.09 Å². The Kier molecular flexibility index (Phi) is 4.92. The Morgan fingerprint density at radius 3 is 2.41 bits per heavy atom. The van der Waals surface area contributed by atoms with Crippen LogP contribution in [0.15, 0.2) is 42.5 Å². The van der Waals surface area contributed by atoms with Gasteiger partial charge in [-0.3, -0.25) is 9.59 Å². The van der Waals surface area contributed by atoms with Crippen molar-refractivity contribution in [2.24, 2.45) is 11.8 Å². The lowest BCUT2D eigenvalue weighted by Crippen LogP contribution is -2.36. The highest BCUT2D eigenvalue weighted by molar-refractivity contribution is 5.99. The molecule has 2 aromatic rings. The number of carbonyl (C=O) groups is 3. The number of carboxylic acid groups (broad SMARTS) is 1. The first-order valence-electron chi connectivity index (χ1n) is 9.52. The highest BCUT2D eigenvalue weighted by Gasteiger charge is 2.57. The van der Waals surface area contributed by atoms with E-state index in [1.54, 1.807) is 6.07 Å². The Bertz CT molecular complexity index is 950. The van der Waals surface area contributed by atoms with Crippen molar-refractivity contribution in [2.45, 2.75) is 12.5 Å². The molecule has 4 rings (SSSR count). The van der Waals surface area contributed by atoms with Crippen molar-refractivity contribution < 1.29 is 19.5 Å². The minimum Gasteiger partial charge on any atom is -0.465 e. The smallest absolute Gasteiger partial charge is 0.407 e. The van der Waals surface area contributed by atoms with Crippen LogP contribution in [0.25, 0.3) is 0 Å². The van der Waals surface area contributed by atoms with Gasteiger partial charge < -0.3 is 20.6 Å². The van der Waals surface area contributed by atoms with Crippen molar-refractivity contribution in [3.63, 3.8) is 0 Å². The summed E-state index contributed by atoms with van der Waals surface area (Å²) in [5, 5.41) is 14.6. The Balaban J connectivity index is 1.50. The second-order valence-electron chi connectivity index (χ2n) is 7.49. The number of rotatable bonds is 5. The van der Waals surface area contributed by atoms with Gasteiger partial charge in [0.05, 0.1) is 0 Å². The number of fused-ring (bicyclic) bond motifs is 1. The molecule has 1 aromatic carbocycles. The van der Waals surface area contributed by atoms with Gasteiger partial charge in [0.1, 0.15) is 5.69 Å². The highest BCUT2D eigenvalue weighted by atomic mass is 16.4. The molecule has 3 amide bonds. The minimum absolute atomic E-state index is 0.0210. The van der Waals surface area contributed by atoms with Crippen molar-refractivity contribution in [3.8, 4) is 0 Å². The van der Waals surface area contributed by atoms with Crippen molar-refractivity contribution in [2.75, 3.05) is 20.1 Å². The summed E-state index contributed by atoms with van der Waals surface area (Å²) in [7, 11) is 1.52. The van der Waals surface area contributed by atoms with Crippen molar-refractivity contribution in [1.29, 1.82) is 0 Å². The Labute approximate surface area is 167 Å². The first kappa shape index (κ1) is 18.9. The predicted octanol–water partition coefficient (Wildman–Crippen LogP) is 1.37. The van der Waals surface area contributed by atoms with Crippen LogP contribution in [-0.4, -0.2) is 59.1 Å². The van der Waals surface area contributed by atoms with E-state index in [2.05, 4.69) is 15.6 Å². The van der Waals surface area contributed by atoms with Crippen LogP contribution in [0.4, 0.5) is 4.79 Å². The zero-order chi connectivity index (χ0) is 20.5. The summed E-state index contributed by atoms with van der Waals surface area (Å²) in [6.45, 7) is 0.897. The summed E-state index contributed by atoms with van der Waals surface area (Å²) in [6.07, 6.45) is -0.411. The summed E-state index contributed by atoms with van der Waals surface area (Å²) >= 11 is 0. The molecule has 2 unspecified atom stereocenters. The van der Waals surface area contributed by atoms with E-state index in [1.165, 1.54) is 18.0 Å². The molecule has 2 aliphatic rings. The van der Waals surface area contributed by atoms with Gasteiger partial charge in [-0.2, -0.15) is 0 Å². The molecule has 150 valence electrons. The zero-order valence-corrected chi connectivity index (χ0v) is 16.0. The number of likely N-dealkylation sites (tertiary alicyclic amines) is 1. The van der Waals surface area contributed by atoms with Gasteiger partial charge in [0.25, 0.3) is 11.8 Å². The van der Waals surface area contributed by atoms with Gasteiger partial charge in [0.15, 0.2) is 0 Å². The fourth-order valence-corrected chi connectivity index (χ4v) is 3.99. The summed E-state index contributed by atoms with van der Waals surface area (Å²) < 4.78 is 0. The van der Waals surface area contributed by atoms with Gasteiger partial charge in [-0.15, -0.1) is 0 Å². The van der Waals surface area contributed by atoms with Gasteiger partial charge in [0.2, 0.25) is 0 Å². The van der Waals surface area contributed by atoms with Gasteiger partial charge in [-0.25, -0.2) is 9.78 Å². The molecule has 0 bridgehead atoms. The average Bonchev–Trinajstić information content (AvgIpc) is 3.15. The highest BCUT2D eigenvalue weighted by Crippen LogP contribution is 2.45. The largest absolute Gasteiger partial charge is 0.465 e. The zero-order valence-electron chi connectivity index (χ0n) is 16.0. The second-order valence-corrected chi connectivity index (χ2v) is 7.49. The number of hydrogen-bond donors (Lipinski definition) is 3. The number of carbonyl (C=O) groups excluding carboxylic acids is 2. The SMILES string of the molecule is CNC(=O)c1cc(C(=O)NC2C3CN(C(=O)O)CC32)cc(Cc2ccccc2)n1. The van der Waals surface area contributed by atoms with Crippen molar-refractivity contribution >= 4 is 17.9 Å². The molecule has 1 aliphatic carbocycles. The van der Waals surface area contributed by atoms with E-state index >= 15 is 0 Å². The van der Waals surface area contributed by atoms with Crippen LogP contribution in [0.2, 0.25) is 0 Å². The molecule has 29 heavy (non-hydrogen) atoms. The Hall–Kier alpha value is -3.42. The molecule has 8 heteroatoms. The van der Waals surface area contributed by atoms with E-state index in [9.17, 15) is 14.4 Å². The topological polar surface area (TPSA) is 112 Å². The lowest BCUT2D eigenvalue weighted by Gasteiger charge is -2.16. The van der Waals surface area contributed by atoms with Crippen molar-refractivity contribution in [1.82, 2.24) is 20.5 Å². The molecule has 0 radical (unpaired) electrons. The normalized spacial score (nSPS) is 22.0. The summed E-state index contributed by atoms with van der Waals surface area (Å²) in [4.78, 5) is 41.7. The van der Waals surface area contributed by atoms with Crippen LogP contribution in [0, 0.1) is 11.8 Å². The van der Waals surface area contributed by atoms with E-state index in [0.29, 0.717) is 30.8 Å².